The van der Waals surface area contributed by atoms with Crippen LogP contribution in [0.5, 0.6) is 11.5 Å². The fourth-order valence-electron chi connectivity index (χ4n) is 2.34. The molecule has 27 heavy (non-hydrogen) atoms. The van der Waals surface area contributed by atoms with E-state index in [-0.39, 0.29) is 24.7 Å². The minimum atomic E-state index is -0.232. The van der Waals surface area contributed by atoms with Crippen LogP contribution in [0, 0.1) is 0 Å². The zero-order valence-corrected chi connectivity index (χ0v) is 14.6. The second-order valence-corrected chi connectivity index (χ2v) is 5.78. The number of amides is 2. The maximum Gasteiger partial charge on any atom is 0.224 e. The summed E-state index contributed by atoms with van der Waals surface area (Å²) >= 11 is 0. The third-order valence-electron chi connectivity index (χ3n) is 3.64. The summed E-state index contributed by atoms with van der Waals surface area (Å²) in [6.07, 6.45) is 3.36. The van der Waals surface area contributed by atoms with Crippen molar-refractivity contribution in [1.82, 2.24) is 4.98 Å². The minimum absolute atomic E-state index is 0.0916. The monoisotopic (exact) mass is 361 g/mol. The lowest BCUT2D eigenvalue weighted by molar-refractivity contribution is -0.121. The van der Waals surface area contributed by atoms with Crippen LogP contribution in [0.4, 0.5) is 11.4 Å². The number of nitrogens with zero attached hydrogens (tertiary/aromatic N) is 1. The molecule has 6 heteroatoms. The van der Waals surface area contributed by atoms with Gasteiger partial charge in [0.15, 0.2) is 0 Å². The van der Waals surface area contributed by atoms with Crippen molar-refractivity contribution in [3.63, 3.8) is 0 Å². The van der Waals surface area contributed by atoms with Crippen LogP contribution >= 0.6 is 0 Å². The Kier molecular flexibility index (Phi) is 6.14. The van der Waals surface area contributed by atoms with Gasteiger partial charge in [0, 0.05) is 24.7 Å². The van der Waals surface area contributed by atoms with E-state index in [1.165, 1.54) is 0 Å². The normalized spacial score (nSPS) is 10.1. The molecule has 0 aliphatic heterocycles. The fraction of sp³-hybridized carbons (Fsp3) is 0.0952. The first kappa shape index (κ1) is 18.1. The van der Waals surface area contributed by atoms with Gasteiger partial charge >= 0.3 is 0 Å². The maximum atomic E-state index is 12.0. The summed E-state index contributed by atoms with van der Waals surface area (Å²) in [4.78, 5) is 27.8. The van der Waals surface area contributed by atoms with E-state index in [0.717, 1.165) is 5.75 Å². The van der Waals surface area contributed by atoms with E-state index in [1.807, 2.05) is 30.3 Å². The van der Waals surface area contributed by atoms with E-state index >= 15 is 0 Å². The molecule has 0 radical (unpaired) electrons. The van der Waals surface area contributed by atoms with Crippen LogP contribution in [-0.2, 0) is 9.59 Å². The van der Waals surface area contributed by atoms with Crippen molar-refractivity contribution < 1.29 is 14.3 Å². The summed E-state index contributed by atoms with van der Waals surface area (Å²) in [6.45, 7) is 0. The highest BCUT2D eigenvalue weighted by molar-refractivity contribution is 5.96. The highest BCUT2D eigenvalue weighted by Gasteiger charge is 2.08. The van der Waals surface area contributed by atoms with E-state index in [9.17, 15) is 9.59 Å². The van der Waals surface area contributed by atoms with Crippen molar-refractivity contribution in [3.8, 4) is 11.5 Å². The SMILES string of the molecule is O=C(CCC(=O)Nc1cccnc1)Nc1ccc(Oc2ccccc2)cc1. The number of anilines is 2. The van der Waals surface area contributed by atoms with E-state index < -0.39 is 0 Å². The number of para-hydroxylation sites is 1. The number of carbonyl (C=O) groups excluding carboxylic acids is 2. The lowest BCUT2D eigenvalue weighted by atomic mass is 10.2. The second-order valence-electron chi connectivity index (χ2n) is 5.78. The molecule has 1 aromatic heterocycles. The number of pyridine rings is 1. The van der Waals surface area contributed by atoms with Crippen molar-refractivity contribution in [2.24, 2.45) is 0 Å². The van der Waals surface area contributed by atoms with Crippen molar-refractivity contribution in [1.29, 1.82) is 0 Å². The van der Waals surface area contributed by atoms with E-state index in [1.54, 1.807) is 48.8 Å². The molecule has 2 N–H and O–H groups in total. The Bertz CT molecular complexity index is 882. The van der Waals surface area contributed by atoms with Gasteiger partial charge in [-0.2, -0.15) is 0 Å². The molecule has 0 aliphatic carbocycles. The zero-order chi connectivity index (χ0) is 18.9. The number of hydrogen-bond acceptors (Lipinski definition) is 4. The number of ether oxygens (including phenoxy) is 1. The maximum absolute atomic E-state index is 12.0. The highest BCUT2D eigenvalue weighted by atomic mass is 16.5. The quantitative estimate of drug-likeness (QED) is 0.660. The first-order valence-corrected chi connectivity index (χ1v) is 8.52. The van der Waals surface area contributed by atoms with Gasteiger partial charge in [0.2, 0.25) is 11.8 Å². The molecule has 3 aromatic rings. The standard InChI is InChI=1S/C21H19N3O3/c25-20(12-13-21(26)24-17-5-4-14-22-15-17)23-16-8-10-19(11-9-16)27-18-6-2-1-3-7-18/h1-11,14-15H,12-13H2,(H,23,25)(H,24,26). The molecule has 0 unspecified atom stereocenters. The Hall–Kier alpha value is -3.67. The van der Waals surface area contributed by atoms with Crippen LogP contribution in [0.25, 0.3) is 0 Å². The van der Waals surface area contributed by atoms with Gasteiger partial charge < -0.3 is 15.4 Å². The second kappa shape index (κ2) is 9.15. The van der Waals surface area contributed by atoms with E-state index in [4.69, 9.17) is 4.74 Å². The van der Waals surface area contributed by atoms with Crippen LogP contribution in [0.1, 0.15) is 12.8 Å². The first-order valence-electron chi connectivity index (χ1n) is 8.52. The lowest BCUT2D eigenvalue weighted by Crippen LogP contribution is -2.17. The Balaban J connectivity index is 1.44. The Morgan fingerprint density at radius 3 is 2.00 bits per heavy atom. The van der Waals surface area contributed by atoms with Crippen molar-refractivity contribution in [2.75, 3.05) is 10.6 Å². The molecule has 2 aromatic carbocycles. The van der Waals surface area contributed by atoms with Gasteiger partial charge in [-0.1, -0.05) is 18.2 Å². The van der Waals surface area contributed by atoms with Gasteiger partial charge in [-0.3, -0.25) is 14.6 Å². The first-order chi connectivity index (χ1) is 13.2. The number of rotatable bonds is 7. The summed E-state index contributed by atoms with van der Waals surface area (Å²) < 4.78 is 5.70. The van der Waals surface area contributed by atoms with Gasteiger partial charge in [0.25, 0.3) is 0 Å². The number of nitrogens with one attached hydrogen (secondary N) is 2. The molecule has 0 fully saturated rings. The molecule has 0 aliphatic rings. The highest BCUT2D eigenvalue weighted by Crippen LogP contribution is 2.22. The molecule has 2 amide bonds. The molecule has 6 nitrogen and oxygen atoms in total. The van der Waals surface area contributed by atoms with Crippen molar-refractivity contribution in [2.45, 2.75) is 12.8 Å². The molecule has 0 bridgehead atoms. The molecule has 1 heterocycles. The Morgan fingerprint density at radius 1 is 0.741 bits per heavy atom. The number of carbonyl (C=O) groups is 2. The predicted octanol–water partition coefficient (Wildman–Crippen LogP) is 4.23. The Morgan fingerprint density at radius 2 is 1.37 bits per heavy atom. The zero-order valence-electron chi connectivity index (χ0n) is 14.6. The average molecular weight is 361 g/mol. The summed E-state index contributed by atoms with van der Waals surface area (Å²) in [7, 11) is 0. The Labute approximate surface area is 157 Å². The van der Waals surface area contributed by atoms with Crippen molar-refractivity contribution >= 4 is 23.2 Å². The molecule has 3 rings (SSSR count). The smallest absolute Gasteiger partial charge is 0.224 e. The van der Waals surface area contributed by atoms with Gasteiger partial charge in [-0.15, -0.1) is 0 Å². The summed E-state index contributed by atoms with van der Waals surface area (Å²) in [6, 6.07) is 20.0. The van der Waals surface area contributed by atoms with Gasteiger partial charge in [-0.05, 0) is 48.5 Å². The molecular formula is C21H19N3O3. The van der Waals surface area contributed by atoms with Crippen LogP contribution in [-0.4, -0.2) is 16.8 Å². The third kappa shape index (κ3) is 5.97. The predicted molar refractivity (Wildman–Crippen MR) is 104 cm³/mol. The van der Waals surface area contributed by atoms with Crippen LogP contribution in [0.3, 0.4) is 0 Å². The summed E-state index contributed by atoms with van der Waals surface area (Å²) in [5.41, 5.74) is 1.25. The van der Waals surface area contributed by atoms with Crippen molar-refractivity contribution in [3.05, 3.63) is 79.1 Å². The molecule has 136 valence electrons. The van der Waals surface area contributed by atoms with Gasteiger partial charge in [0.1, 0.15) is 11.5 Å². The number of hydrogen-bond donors (Lipinski definition) is 2. The van der Waals surface area contributed by atoms with E-state index in [2.05, 4.69) is 15.6 Å². The van der Waals surface area contributed by atoms with Crippen LogP contribution in [0.15, 0.2) is 79.1 Å². The summed E-state index contributed by atoms with van der Waals surface area (Å²) in [5, 5.41) is 5.46. The summed E-state index contributed by atoms with van der Waals surface area (Å²) in [5.74, 6) is 0.960. The minimum Gasteiger partial charge on any atom is -0.457 e. The molecule has 0 saturated heterocycles. The fourth-order valence-corrected chi connectivity index (χ4v) is 2.34. The molecule has 0 saturated carbocycles. The molecular weight excluding hydrogens is 342 g/mol. The van der Waals surface area contributed by atoms with Crippen LogP contribution in [0.2, 0.25) is 0 Å². The lowest BCUT2D eigenvalue weighted by Gasteiger charge is -2.08. The van der Waals surface area contributed by atoms with Crippen LogP contribution < -0.4 is 15.4 Å². The number of aromatic nitrogens is 1. The average Bonchev–Trinajstić information content (AvgIpc) is 2.70. The molecule has 0 spiro atoms. The van der Waals surface area contributed by atoms with Gasteiger partial charge in [-0.25, -0.2) is 0 Å². The van der Waals surface area contributed by atoms with Gasteiger partial charge in [0.05, 0.1) is 11.9 Å². The number of benzene rings is 2. The topological polar surface area (TPSA) is 80.3 Å². The van der Waals surface area contributed by atoms with E-state index in [0.29, 0.717) is 17.1 Å². The largest absolute Gasteiger partial charge is 0.457 e. The third-order valence-corrected chi connectivity index (χ3v) is 3.64. The molecule has 0 atom stereocenters.